The predicted molar refractivity (Wildman–Crippen MR) is 59.8 cm³/mol. The Balaban J connectivity index is 2.52. The van der Waals surface area contributed by atoms with Gasteiger partial charge in [0.15, 0.2) is 5.78 Å². The average molecular weight is 222 g/mol. The number of alkyl halides is 1. The molecule has 1 unspecified atom stereocenters. The van der Waals surface area contributed by atoms with Crippen LogP contribution < -0.4 is 0 Å². The molecule has 0 N–H and O–H groups in total. The summed E-state index contributed by atoms with van der Waals surface area (Å²) in [5, 5.41) is 8.18. The van der Waals surface area contributed by atoms with Crippen molar-refractivity contribution in [3.8, 4) is 6.07 Å². The molecular weight excluding hydrogens is 210 g/mol. The molecule has 0 saturated heterocycles. The van der Waals surface area contributed by atoms with E-state index in [0.29, 0.717) is 18.4 Å². The molecule has 0 saturated carbocycles. The fourth-order valence-corrected chi connectivity index (χ4v) is 1.32. The maximum absolute atomic E-state index is 11.3. The van der Waals surface area contributed by atoms with Crippen LogP contribution in [0.25, 0.3) is 0 Å². The summed E-state index contributed by atoms with van der Waals surface area (Å²) in [6.07, 6.45) is 1.14. The van der Waals surface area contributed by atoms with E-state index in [2.05, 4.69) is 0 Å². The second-order valence-electron chi connectivity index (χ2n) is 3.39. The highest BCUT2D eigenvalue weighted by molar-refractivity contribution is 6.30. The van der Waals surface area contributed by atoms with Crippen LogP contribution in [-0.2, 0) is 11.2 Å². The first-order valence-electron chi connectivity index (χ1n) is 4.79. The largest absolute Gasteiger partial charge is 0.298 e. The van der Waals surface area contributed by atoms with E-state index < -0.39 is 5.38 Å². The predicted octanol–water partition coefficient (Wildman–Crippen LogP) is 2.69. The molecule has 3 heteroatoms. The van der Waals surface area contributed by atoms with Gasteiger partial charge < -0.3 is 0 Å². The maximum Gasteiger partial charge on any atom is 0.150 e. The molecule has 0 aromatic heterocycles. The third-order valence-electron chi connectivity index (χ3n) is 2.19. The van der Waals surface area contributed by atoms with E-state index in [1.807, 2.05) is 18.2 Å². The van der Waals surface area contributed by atoms with Crippen molar-refractivity contribution in [2.75, 3.05) is 0 Å². The number of halogens is 1. The number of hydrogen-bond donors (Lipinski definition) is 0. The lowest BCUT2D eigenvalue weighted by atomic mass is 10.1. The lowest BCUT2D eigenvalue weighted by Gasteiger charge is -2.02. The molecule has 0 heterocycles. The lowest BCUT2D eigenvalue weighted by Crippen LogP contribution is -2.10. The molecule has 0 bridgehead atoms. The Morgan fingerprint density at radius 1 is 1.47 bits per heavy atom. The van der Waals surface area contributed by atoms with Crippen molar-refractivity contribution >= 4 is 17.4 Å². The van der Waals surface area contributed by atoms with Gasteiger partial charge in [0.25, 0.3) is 0 Å². The van der Waals surface area contributed by atoms with Gasteiger partial charge in [-0.1, -0.05) is 12.1 Å². The molecule has 2 nitrogen and oxygen atoms in total. The van der Waals surface area contributed by atoms with Crippen LogP contribution >= 0.6 is 11.6 Å². The average Bonchev–Trinajstić information content (AvgIpc) is 2.26. The first kappa shape index (κ1) is 11.7. The molecule has 0 radical (unpaired) electrons. The fourth-order valence-electron chi connectivity index (χ4n) is 1.21. The van der Waals surface area contributed by atoms with Crippen molar-refractivity contribution in [3.05, 3.63) is 35.4 Å². The minimum Gasteiger partial charge on any atom is -0.298 e. The van der Waals surface area contributed by atoms with Gasteiger partial charge >= 0.3 is 0 Å². The van der Waals surface area contributed by atoms with Crippen LogP contribution in [0.2, 0.25) is 0 Å². The van der Waals surface area contributed by atoms with Crippen LogP contribution in [0, 0.1) is 11.3 Å². The van der Waals surface area contributed by atoms with Crippen molar-refractivity contribution in [2.45, 2.75) is 25.1 Å². The lowest BCUT2D eigenvalue weighted by molar-refractivity contribution is -0.118. The molecule has 0 spiro atoms. The SMILES string of the molecule is CC(Cl)C(=O)CCc1ccc(C#N)cc1. The summed E-state index contributed by atoms with van der Waals surface area (Å²) in [6.45, 7) is 1.68. The van der Waals surface area contributed by atoms with E-state index in [0.717, 1.165) is 5.56 Å². The normalized spacial score (nSPS) is 11.8. The highest BCUT2D eigenvalue weighted by Gasteiger charge is 2.08. The zero-order valence-corrected chi connectivity index (χ0v) is 9.29. The summed E-state index contributed by atoms with van der Waals surface area (Å²) < 4.78 is 0. The van der Waals surface area contributed by atoms with Crippen LogP contribution in [-0.4, -0.2) is 11.2 Å². The van der Waals surface area contributed by atoms with Crippen LogP contribution in [0.1, 0.15) is 24.5 Å². The van der Waals surface area contributed by atoms with Crippen molar-refractivity contribution in [2.24, 2.45) is 0 Å². The molecular formula is C12H12ClNO. The number of Topliss-reactive ketones (excluding diaryl/α,β-unsaturated/α-hetero) is 1. The second-order valence-corrected chi connectivity index (χ2v) is 4.05. The van der Waals surface area contributed by atoms with Gasteiger partial charge in [0.05, 0.1) is 17.0 Å². The van der Waals surface area contributed by atoms with Gasteiger partial charge in [-0.15, -0.1) is 11.6 Å². The molecule has 78 valence electrons. The molecule has 1 aromatic rings. The van der Waals surface area contributed by atoms with Gasteiger partial charge in [-0.2, -0.15) is 5.26 Å². The Morgan fingerprint density at radius 2 is 2.07 bits per heavy atom. The number of rotatable bonds is 4. The van der Waals surface area contributed by atoms with Gasteiger partial charge in [-0.25, -0.2) is 0 Å². The molecule has 1 rings (SSSR count). The quantitative estimate of drug-likeness (QED) is 0.734. The van der Waals surface area contributed by atoms with Crippen LogP contribution in [0.3, 0.4) is 0 Å². The molecule has 15 heavy (non-hydrogen) atoms. The Labute approximate surface area is 94.5 Å². The third kappa shape index (κ3) is 3.73. The second kappa shape index (κ2) is 5.53. The van der Waals surface area contributed by atoms with Crippen molar-refractivity contribution in [3.63, 3.8) is 0 Å². The van der Waals surface area contributed by atoms with Gasteiger partial charge in [0.1, 0.15) is 0 Å². The zero-order valence-electron chi connectivity index (χ0n) is 8.53. The fraction of sp³-hybridized carbons (Fsp3) is 0.333. The summed E-state index contributed by atoms with van der Waals surface area (Å²) in [6, 6.07) is 9.29. The van der Waals surface area contributed by atoms with E-state index in [1.54, 1.807) is 19.1 Å². The number of nitriles is 1. The minimum atomic E-state index is -0.414. The molecule has 0 aliphatic rings. The Kier molecular flexibility index (Phi) is 4.33. The highest BCUT2D eigenvalue weighted by Crippen LogP contribution is 2.08. The van der Waals surface area contributed by atoms with E-state index in [4.69, 9.17) is 16.9 Å². The number of hydrogen-bond acceptors (Lipinski definition) is 2. The first-order valence-corrected chi connectivity index (χ1v) is 5.23. The van der Waals surface area contributed by atoms with E-state index in [-0.39, 0.29) is 5.78 Å². The Bertz CT molecular complexity index is 376. The first-order chi connectivity index (χ1) is 7.13. The smallest absolute Gasteiger partial charge is 0.150 e. The maximum atomic E-state index is 11.3. The zero-order chi connectivity index (χ0) is 11.3. The molecule has 1 aromatic carbocycles. The van der Waals surface area contributed by atoms with Crippen LogP contribution in [0.4, 0.5) is 0 Å². The van der Waals surface area contributed by atoms with E-state index in [1.165, 1.54) is 0 Å². The molecule has 0 aliphatic heterocycles. The van der Waals surface area contributed by atoms with E-state index >= 15 is 0 Å². The monoisotopic (exact) mass is 221 g/mol. The highest BCUT2D eigenvalue weighted by atomic mass is 35.5. The molecule has 1 atom stereocenters. The molecule has 0 amide bonds. The third-order valence-corrected chi connectivity index (χ3v) is 2.43. The standard InChI is InChI=1S/C12H12ClNO/c1-9(13)12(15)7-6-10-2-4-11(8-14)5-3-10/h2-5,9H,6-7H2,1H3. The Morgan fingerprint density at radius 3 is 2.53 bits per heavy atom. The van der Waals surface area contributed by atoms with E-state index in [9.17, 15) is 4.79 Å². The van der Waals surface area contributed by atoms with Crippen LogP contribution in [0.15, 0.2) is 24.3 Å². The van der Waals surface area contributed by atoms with Gasteiger partial charge in [-0.05, 0) is 31.0 Å². The number of benzene rings is 1. The number of carbonyl (C=O) groups is 1. The number of aryl methyl sites for hydroxylation is 1. The summed E-state index contributed by atoms with van der Waals surface area (Å²) in [5.74, 6) is 0.0565. The summed E-state index contributed by atoms with van der Waals surface area (Å²) in [7, 11) is 0. The van der Waals surface area contributed by atoms with Gasteiger partial charge in [0, 0.05) is 6.42 Å². The topological polar surface area (TPSA) is 40.9 Å². The number of carbonyl (C=O) groups excluding carboxylic acids is 1. The summed E-state index contributed by atoms with van der Waals surface area (Å²) >= 11 is 5.65. The number of nitrogens with zero attached hydrogens (tertiary/aromatic N) is 1. The minimum absolute atomic E-state index is 0.0565. The molecule has 0 fully saturated rings. The van der Waals surface area contributed by atoms with Crippen molar-refractivity contribution in [1.82, 2.24) is 0 Å². The Hall–Kier alpha value is -1.33. The molecule has 0 aliphatic carbocycles. The summed E-state index contributed by atoms with van der Waals surface area (Å²) in [4.78, 5) is 11.3. The van der Waals surface area contributed by atoms with Crippen molar-refractivity contribution in [1.29, 1.82) is 5.26 Å². The summed E-state index contributed by atoms with van der Waals surface area (Å²) in [5.41, 5.74) is 1.69. The van der Waals surface area contributed by atoms with Gasteiger partial charge in [0.2, 0.25) is 0 Å². The van der Waals surface area contributed by atoms with Gasteiger partial charge in [-0.3, -0.25) is 4.79 Å². The number of ketones is 1. The van der Waals surface area contributed by atoms with Crippen LogP contribution in [0.5, 0.6) is 0 Å². The van der Waals surface area contributed by atoms with Crippen molar-refractivity contribution < 1.29 is 4.79 Å².